The Morgan fingerprint density at radius 1 is 1.64 bits per heavy atom. The Balaban J connectivity index is 2.43. The summed E-state index contributed by atoms with van der Waals surface area (Å²) in [6, 6.07) is 0. The molecule has 11 heavy (non-hydrogen) atoms. The average molecular weight is 298 g/mol. The van der Waals surface area contributed by atoms with Gasteiger partial charge >= 0.3 is 0 Å². The molecule has 0 radical (unpaired) electrons. The third-order valence-electron chi connectivity index (χ3n) is 1.35. The lowest BCUT2D eigenvalue weighted by molar-refractivity contribution is -0.118. The number of thioether (sulfide) groups is 1. The number of amidine groups is 1. The van der Waals surface area contributed by atoms with E-state index in [0.717, 1.165) is 0 Å². The Bertz CT molecular complexity index is 286. The van der Waals surface area contributed by atoms with E-state index in [1.807, 2.05) is 5.41 Å². The van der Waals surface area contributed by atoms with Crippen molar-refractivity contribution in [2.75, 3.05) is 0 Å². The van der Waals surface area contributed by atoms with Crippen LogP contribution in [-0.4, -0.2) is 19.3 Å². The van der Waals surface area contributed by atoms with Crippen molar-refractivity contribution in [1.29, 1.82) is 0 Å². The molecule has 0 atom stereocenters. The van der Waals surface area contributed by atoms with Gasteiger partial charge in [0.05, 0.1) is 0 Å². The lowest BCUT2D eigenvalue weighted by Gasteiger charge is -2.20. The van der Waals surface area contributed by atoms with Gasteiger partial charge in [-0.05, 0) is 37.3 Å². The van der Waals surface area contributed by atoms with Gasteiger partial charge in [0, 0.05) is 6.20 Å². The summed E-state index contributed by atoms with van der Waals surface area (Å²) in [7, 11) is 0. The van der Waals surface area contributed by atoms with Gasteiger partial charge in [-0.25, -0.2) is 0 Å². The Labute approximate surface area is 84.2 Å². The highest BCUT2D eigenvalue weighted by Crippen LogP contribution is 2.42. The van der Waals surface area contributed by atoms with Gasteiger partial charge in [-0.3, -0.25) is 9.69 Å². The van der Waals surface area contributed by atoms with E-state index in [2.05, 4.69) is 36.9 Å². The molecular weight excluding hydrogens is 296 g/mol. The van der Waals surface area contributed by atoms with Crippen molar-refractivity contribution in [3.63, 3.8) is 0 Å². The highest BCUT2D eigenvalue weighted by Gasteiger charge is 2.47. The van der Waals surface area contributed by atoms with Crippen molar-refractivity contribution in [2.45, 2.75) is 3.36 Å². The normalized spacial score (nSPS) is 25.8. The van der Waals surface area contributed by atoms with Crippen LogP contribution in [0.3, 0.4) is 0 Å². The van der Waals surface area contributed by atoms with E-state index in [-0.39, 0.29) is 5.91 Å². The monoisotopic (exact) mass is 296 g/mol. The smallest absolute Gasteiger partial charge is 0.293 e. The summed E-state index contributed by atoms with van der Waals surface area (Å²) in [5.74, 6) is -0.218. The van der Waals surface area contributed by atoms with Crippen molar-refractivity contribution >= 4 is 54.7 Å². The lowest BCUT2D eigenvalue weighted by Crippen LogP contribution is -2.35. The fourth-order valence-corrected chi connectivity index (χ4v) is 2.56. The number of nitrogens with zero attached hydrogens (tertiary/aromatic N) is 2. The number of alkyl halides is 2. The van der Waals surface area contributed by atoms with Gasteiger partial charge in [-0.2, -0.15) is 4.99 Å². The van der Waals surface area contributed by atoms with Crippen molar-refractivity contribution in [3.05, 3.63) is 11.6 Å². The molecule has 0 fully saturated rings. The molecule has 6 heteroatoms. The van der Waals surface area contributed by atoms with Crippen LogP contribution in [-0.2, 0) is 4.79 Å². The molecule has 0 N–H and O–H groups in total. The van der Waals surface area contributed by atoms with E-state index in [1.165, 1.54) is 11.8 Å². The summed E-state index contributed by atoms with van der Waals surface area (Å²) < 4.78 is -0.838. The Morgan fingerprint density at radius 2 is 2.36 bits per heavy atom. The third kappa shape index (κ3) is 0.996. The van der Waals surface area contributed by atoms with Crippen LogP contribution in [0.15, 0.2) is 16.6 Å². The maximum atomic E-state index is 11.1. The third-order valence-corrected chi connectivity index (χ3v) is 3.55. The molecular formula is C5H2Br2N2OS. The second-order valence-corrected chi connectivity index (χ2v) is 6.25. The number of hydrogen-bond donors (Lipinski definition) is 0. The van der Waals surface area contributed by atoms with Gasteiger partial charge in [-0.15, -0.1) is 0 Å². The zero-order valence-corrected chi connectivity index (χ0v) is 9.11. The van der Waals surface area contributed by atoms with Crippen molar-refractivity contribution in [1.82, 2.24) is 4.90 Å². The zero-order chi connectivity index (χ0) is 8.06. The maximum Gasteiger partial charge on any atom is 0.296 e. The van der Waals surface area contributed by atoms with Crippen molar-refractivity contribution < 1.29 is 4.79 Å². The highest BCUT2D eigenvalue weighted by atomic mass is 79.9. The second kappa shape index (κ2) is 2.34. The van der Waals surface area contributed by atoms with Gasteiger partial charge in [0.2, 0.25) is 3.36 Å². The number of rotatable bonds is 0. The number of aliphatic imine (C=N–C) groups is 1. The molecule has 2 rings (SSSR count). The summed E-state index contributed by atoms with van der Waals surface area (Å²) in [4.78, 5) is 16.7. The summed E-state index contributed by atoms with van der Waals surface area (Å²) in [5.41, 5.74) is 0. The molecule has 0 spiro atoms. The minimum Gasteiger partial charge on any atom is -0.293 e. The van der Waals surface area contributed by atoms with Gasteiger partial charge in [-0.1, -0.05) is 11.8 Å². The standard InChI is InChI=1S/C5H2Br2N2OS/c6-5(7)3(10)8-4-9(5)1-2-11-4/h1-2H. The van der Waals surface area contributed by atoms with E-state index in [4.69, 9.17) is 0 Å². The molecule has 2 aliphatic heterocycles. The highest BCUT2D eigenvalue weighted by molar-refractivity contribution is 9.25. The van der Waals surface area contributed by atoms with Crippen LogP contribution >= 0.6 is 43.6 Å². The van der Waals surface area contributed by atoms with E-state index in [1.54, 1.807) is 11.1 Å². The van der Waals surface area contributed by atoms with Crippen LogP contribution < -0.4 is 0 Å². The average Bonchev–Trinajstić information content (AvgIpc) is 2.41. The first-order valence-corrected chi connectivity index (χ1v) is 5.22. The minimum absolute atomic E-state index is 0.218. The van der Waals surface area contributed by atoms with Gasteiger partial charge < -0.3 is 0 Å². The van der Waals surface area contributed by atoms with Gasteiger partial charge in [0.1, 0.15) is 0 Å². The lowest BCUT2D eigenvalue weighted by atomic mass is 10.6. The Morgan fingerprint density at radius 3 is 3.00 bits per heavy atom. The van der Waals surface area contributed by atoms with Crippen molar-refractivity contribution in [3.8, 4) is 0 Å². The predicted molar refractivity (Wildman–Crippen MR) is 51.6 cm³/mol. The van der Waals surface area contributed by atoms with E-state index < -0.39 is 3.36 Å². The first kappa shape index (κ1) is 7.82. The molecule has 58 valence electrons. The van der Waals surface area contributed by atoms with Crippen LogP contribution in [0.2, 0.25) is 0 Å². The van der Waals surface area contributed by atoms with Gasteiger partial charge in [0.25, 0.3) is 5.91 Å². The summed E-state index contributed by atoms with van der Waals surface area (Å²) in [5, 5.41) is 2.59. The zero-order valence-electron chi connectivity index (χ0n) is 5.12. The van der Waals surface area contributed by atoms with Crippen LogP contribution in [0.1, 0.15) is 0 Å². The van der Waals surface area contributed by atoms with Crippen molar-refractivity contribution in [2.24, 2.45) is 4.99 Å². The van der Waals surface area contributed by atoms with Crippen LogP contribution in [0.5, 0.6) is 0 Å². The maximum absolute atomic E-state index is 11.1. The predicted octanol–water partition coefficient (Wildman–Crippen LogP) is 1.85. The summed E-state index contributed by atoms with van der Waals surface area (Å²) in [6.07, 6.45) is 1.80. The van der Waals surface area contributed by atoms with Crippen LogP contribution in [0.4, 0.5) is 0 Å². The van der Waals surface area contributed by atoms with E-state index in [0.29, 0.717) is 5.17 Å². The molecule has 0 unspecified atom stereocenters. The van der Waals surface area contributed by atoms with Crippen LogP contribution in [0, 0.1) is 0 Å². The molecule has 0 aromatic carbocycles. The molecule has 1 amide bonds. The van der Waals surface area contributed by atoms with Crippen LogP contribution in [0.25, 0.3) is 0 Å². The molecule has 0 aromatic heterocycles. The molecule has 2 heterocycles. The fourth-order valence-electron chi connectivity index (χ4n) is 0.824. The quantitative estimate of drug-likeness (QED) is 0.505. The number of halogens is 2. The summed E-state index contributed by atoms with van der Waals surface area (Å²) in [6.45, 7) is 0. The molecule has 0 saturated carbocycles. The number of carbonyl (C=O) groups is 1. The number of hydrogen-bond acceptors (Lipinski definition) is 3. The molecule has 0 aromatic rings. The fraction of sp³-hybridized carbons (Fsp3) is 0.200. The van der Waals surface area contributed by atoms with E-state index >= 15 is 0 Å². The minimum atomic E-state index is -0.838. The number of carbonyl (C=O) groups excluding carboxylic acids is 1. The number of fused-ring (bicyclic) bond motifs is 1. The largest absolute Gasteiger partial charge is 0.296 e. The van der Waals surface area contributed by atoms with Gasteiger partial charge in [0.15, 0.2) is 5.17 Å². The first-order chi connectivity index (χ1) is 5.12. The molecule has 0 bridgehead atoms. The molecule has 3 nitrogen and oxygen atoms in total. The molecule has 0 aliphatic carbocycles. The Kier molecular flexibility index (Phi) is 1.66. The first-order valence-electron chi connectivity index (χ1n) is 2.76. The summed E-state index contributed by atoms with van der Waals surface area (Å²) >= 11 is 7.89. The van der Waals surface area contributed by atoms with E-state index in [9.17, 15) is 4.79 Å². The second-order valence-electron chi connectivity index (χ2n) is 2.01. The topological polar surface area (TPSA) is 32.7 Å². The number of amides is 1. The molecule has 2 aliphatic rings. The Hall–Kier alpha value is 0.190. The molecule has 0 saturated heterocycles. The SMILES string of the molecule is O=C1N=C2SC=CN2C1(Br)Br.